The SMILES string of the molecule is COc1ncc(-c2ccc3ncnc(N4CCOCC4)c3n2)cc1NS(=O)(=O)C1CC1.[HH]. The molecule has 2 aliphatic rings. The number of morpholine rings is 1. The van der Waals surface area contributed by atoms with Crippen molar-refractivity contribution in [3.8, 4) is 17.1 Å². The highest BCUT2D eigenvalue weighted by atomic mass is 32.2. The average Bonchev–Trinajstić information content (AvgIpc) is 3.65. The van der Waals surface area contributed by atoms with Crippen molar-refractivity contribution in [3.05, 3.63) is 30.7 Å². The van der Waals surface area contributed by atoms with Crippen LogP contribution in [0.5, 0.6) is 5.88 Å². The molecule has 1 aliphatic carbocycles. The van der Waals surface area contributed by atoms with Crippen LogP contribution in [0.15, 0.2) is 30.7 Å². The van der Waals surface area contributed by atoms with Crippen molar-refractivity contribution in [3.63, 3.8) is 0 Å². The molecule has 5 rings (SSSR count). The summed E-state index contributed by atoms with van der Waals surface area (Å²) in [6.45, 7) is 2.74. The Bertz CT molecular complexity index is 1230. The van der Waals surface area contributed by atoms with Gasteiger partial charge in [-0.3, -0.25) is 4.72 Å². The Labute approximate surface area is 181 Å². The van der Waals surface area contributed by atoms with Gasteiger partial charge in [-0.1, -0.05) is 0 Å². The lowest BCUT2D eigenvalue weighted by atomic mass is 10.1. The maximum atomic E-state index is 12.4. The van der Waals surface area contributed by atoms with Gasteiger partial charge in [-0.2, -0.15) is 0 Å². The van der Waals surface area contributed by atoms with Crippen molar-refractivity contribution in [1.29, 1.82) is 0 Å². The minimum absolute atomic E-state index is 0. The second-order valence-electron chi connectivity index (χ2n) is 7.49. The molecule has 2 fully saturated rings. The van der Waals surface area contributed by atoms with Crippen LogP contribution in [0.25, 0.3) is 22.3 Å². The lowest BCUT2D eigenvalue weighted by Crippen LogP contribution is -2.37. The highest BCUT2D eigenvalue weighted by molar-refractivity contribution is 7.93. The second kappa shape index (κ2) is 7.89. The molecule has 1 saturated carbocycles. The monoisotopic (exact) mass is 444 g/mol. The van der Waals surface area contributed by atoms with Gasteiger partial charge in [0.1, 0.15) is 17.5 Å². The van der Waals surface area contributed by atoms with E-state index in [4.69, 9.17) is 14.5 Å². The number of nitrogens with zero attached hydrogens (tertiary/aromatic N) is 5. The second-order valence-corrected chi connectivity index (χ2v) is 9.45. The third-order valence-electron chi connectivity index (χ3n) is 5.33. The van der Waals surface area contributed by atoms with Gasteiger partial charge in [0.2, 0.25) is 15.9 Å². The summed E-state index contributed by atoms with van der Waals surface area (Å²) in [6.07, 6.45) is 4.48. The van der Waals surface area contributed by atoms with Crippen LogP contribution >= 0.6 is 0 Å². The number of ether oxygens (including phenoxy) is 2. The highest BCUT2D eigenvalue weighted by Crippen LogP contribution is 2.34. The Kier molecular flexibility index (Phi) is 5.06. The van der Waals surface area contributed by atoms with Crippen molar-refractivity contribution in [2.75, 3.05) is 43.0 Å². The smallest absolute Gasteiger partial charge is 0.238 e. The molecular formula is C20H24N6O4S. The van der Waals surface area contributed by atoms with E-state index in [1.54, 1.807) is 12.3 Å². The maximum absolute atomic E-state index is 12.4. The Morgan fingerprint density at radius 1 is 1.19 bits per heavy atom. The van der Waals surface area contributed by atoms with Gasteiger partial charge in [-0.25, -0.2) is 28.4 Å². The van der Waals surface area contributed by atoms with Crippen molar-refractivity contribution < 1.29 is 19.3 Å². The number of methoxy groups -OCH3 is 1. The van der Waals surface area contributed by atoms with E-state index in [-0.39, 0.29) is 12.6 Å². The number of aromatic nitrogens is 4. The summed E-state index contributed by atoms with van der Waals surface area (Å²) in [6, 6.07) is 5.40. The van der Waals surface area contributed by atoms with E-state index >= 15 is 0 Å². The molecule has 0 radical (unpaired) electrons. The number of nitrogens with one attached hydrogen (secondary N) is 1. The summed E-state index contributed by atoms with van der Waals surface area (Å²) in [4.78, 5) is 20.0. The molecule has 1 aliphatic heterocycles. The van der Waals surface area contributed by atoms with E-state index in [1.807, 2.05) is 12.1 Å². The first-order valence-electron chi connectivity index (χ1n) is 10.1. The van der Waals surface area contributed by atoms with E-state index in [1.165, 1.54) is 13.4 Å². The zero-order valence-corrected chi connectivity index (χ0v) is 17.8. The summed E-state index contributed by atoms with van der Waals surface area (Å²) in [5.74, 6) is 0.970. The summed E-state index contributed by atoms with van der Waals surface area (Å²) in [5.41, 5.74) is 3.01. The number of hydrogen-bond acceptors (Lipinski definition) is 9. The molecule has 0 spiro atoms. The largest absolute Gasteiger partial charge is 0.480 e. The fourth-order valence-corrected chi connectivity index (χ4v) is 4.91. The van der Waals surface area contributed by atoms with Gasteiger partial charge in [0.25, 0.3) is 0 Å². The van der Waals surface area contributed by atoms with Crippen LogP contribution in [-0.4, -0.2) is 67.0 Å². The minimum Gasteiger partial charge on any atom is -0.480 e. The molecule has 1 saturated heterocycles. The van der Waals surface area contributed by atoms with Crippen LogP contribution in [0.1, 0.15) is 14.3 Å². The molecule has 1 N–H and O–H groups in total. The van der Waals surface area contributed by atoms with E-state index < -0.39 is 10.0 Å². The van der Waals surface area contributed by atoms with Crippen molar-refractivity contribution in [2.24, 2.45) is 0 Å². The molecule has 10 nitrogen and oxygen atoms in total. The van der Waals surface area contributed by atoms with Gasteiger partial charge in [0.05, 0.1) is 36.8 Å². The van der Waals surface area contributed by atoms with Crippen LogP contribution < -0.4 is 14.4 Å². The van der Waals surface area contributed by atoms with Crippen LogP contribution in [0.4, 0.5) is 11.5 Å². The molecular weight excluding hydrogens is 420 g/mol. The average molecular weight is 445 g/mol. The number of fused-ring (bicyclic) bond motifs is 1. The molecule has 164 valence electrons. The first kappa shape index (κ1) is 19.9. The van der Waals surface area contributed by atoms with Gasteiger partial charge in [0, 0.05) is 26.3 Å². The van der Waals surface area contributed by atoms with Gasteiger partial charge >= 0.3 is 0 Å². The Hall–Kier alpha value is -3.05. The zero-order valence-electron chi connectivity index (χ0n) is 17.0. The molecule has 4 heterocycles. The van der Waals surface area contributed by atoms with Crippen molar-refractivity contribution >= 4 is 32.6 Å². The van der Waals surface area contributed by atoms with Crippen LogP contribution in [-0.2, 0) is 14.8 Å². The molecule has 0 unspecified atom stereocenters. The summed E-state index contributed by atoms with van der Waals surface area (Å²) < 4.78 is 38.2. The lowest BCUT2D eigenvalue weighted by molar-refractivity contribution is 0.122. The van der Waals surface area contributed by atoms with Crippen LogP contribution in [0.2, 0.25) is 0 Å². The minimum atomic E-state index is -3.46. The summed E-state index contributed by atoms with van der Waals surface area (Å²) in [5, 5.41) is -0.354. The first-order valence-corrected chi connectivity index (χ1v) is 11.6. The topological polar surface area (TPSA) is 119 Å². The Morgan fingerprint density at radius 3 is 2.74 bits per heavy atom. The number of hydrogen-bond donors (Lipinski definition) is 1. The Balaban J connectivity index is 0.00000245. The summed E-state index contributed by atoms with van der Waals surface area (Å²) in [7, 11) is -2.00. The van der Waals surface area contributed by atoms with Gasteiger partial charge in [-0.05, 0) is 31.0 Å². The standard InChI is InChI=1S/C20H22N6O4S.H2/c1-29-20-17(25-31(27,28)14-2-3-14)10-13(11-21-20)15-4-5-16-18(24-15)19(23-12-22-16)26-6-8-30-9-7-26;/h4-5,10-12,14,25H,2-3,6-9H2,1H3;1H. The lowest BCUT2D eigenvalue weighted by Gasteiger charge is -2.28. The quantitative estimate of drug-likeness (QED) is 0.609. The molecule has 0 amide bonds. The first-order chi connectivity index (χ1) is 15.0. The fourth-order valence-electron chi connectivity index (χ4n) is 3.54. The normalized spacial score (nSPS) is 17.0. The number of anilines is 2. The van der Waals surface area contributed by atoms with Gasteiger partial charge in [0.15, 0.2) is 5.82 Å². The predicted molar refractivity (Wildman–Crippen MR) is 118 cm³/mol. The van der Waals surface area contributed by atoms with Gasteiger partial charge in [-0.15, -0.1) is 0 Å². The third kappa shape index (κ3) is 3.98. The van der Waals surface area contributed by atoms with Crippen LogP contribution in [0, 0.1) is 0 Å². The number of sulfonamides is 1. The number of rotatable bonds is 6. The molecule has 0 atom stereocenters. The zero-order chi connectivity index (χ0) is 21.4. The van der Waals surface area contributed by atoms with Crippen LogP contribution in [0.3, 0.4) is 0 Å². The van der Waals surface area contributed by atoms with E-state index in [0.717, 1.165) is 24.4 Å². The molecule has 3 aromatic heterocycles. The predicted octanol–water partition coefficient (Wildman–Crippen LogP) is 2.08. The molecule has 31 heavy (non-hydrogen) atoms. The van der Waals surface area contributed by atoms with E-state index in [9.17, 15) is 8.42 Å². The maximum Gasteiger partial charge on any atom is 0.238 e. The Morgan fingerprint density at radius 2 is 2.00 bits per heavy atom. The van der Waals surface area contributed by atoms with E-state index in [2.05, 4.69) is 24.6 Å². The molecule has 11 heteroatoms. The third-order valence-corrected chi connectivity index (χ3v) is 7.18. The molecule has 0 bridgehead atoms. The number of pyridine rings is 2. The fraction of sp³-hybridized carbons (Fsp3) is 0.400. The molecule has 0 aromatic carbocycles. The van der Waals surface area contributed by atoms with E-state index in [0.29, 0.717) is 48.5 Å². The van der Waals surface area contributed by atoms with Gasteiger partial charge < -0.3 is 14.4 Å². The molecule has 3 aromatic rings. The van der Waals surface area contributed by atoms with Crippen molar-refractivity contribution in [1.82, 2.24) is 19.9 Å². The highest BCUT2D eigenvalue weighted by Gasteiger charge is 2.36. The van der Waals surface area contributed by atoms with Crippen molar-refractivity contribution in [2.45, 2.75) is 18.1 Å². The summed E-state index contributed by atoms with van der Waals surface area (Å²) >= 11 is 0.